The average molecular weight is 237 g/mol. The summed E-state index contributed by atoms with van der Waals surface area (Å²) in [5, 5.41) is 0. The van der Waals surface area contributed by atoms with E-state index in [1.165, 1.54) is 6.07 Å². The lowest BCUT2D eigenvalue weighted by Gasteiger charge is -2.05. The van der Waals surface area contributed by atoms with Gasteiger partial charge in [-0.05, 0) is 27.6 Å². The highest BCUT2D eigenvalue weighted by Gasteiger charge is 2.12. The molecule has 0 aliphatic carbocycles. The van der Waals surface area contributed by atoms with Gasteiger partial charge < -0.3 is 5.73 Å². The van der Waals surface area contributed by atoms with Gasteiger partial charge in [0.05, 0.1) is 0 Å². The molecule has 1 aromatic rings. The zero-order valence-corrected chi connectivity index (χ0v) is 7.68. The lowest BCUT2D eigenvalue weighted by molar-refractivity contribution is 0.149. The lowest BCUT2D eigenvalue weighted by atomic mass is 10.1. The first-order chi connectivity index (χ1) is 5.65. The molecule has 0 saturated carbocycles. The summed E-state index contributed by atoms with van der Waals surface area (Å²) in [6.45, 7) is 0.0980. The second kappa shape index (κ2) is 3.91. The van der Waals surface area contributed by atoms with Crippen molar-refractivity contribution in [2.45, 2.75) is 13.0 Å². The van der Waals surface area contributed by atoms with Crippen molar-refractivity contribution in [3.63, 3.8) is 0 Å². The Labute approximate surface area is 76.9 Å². The van der Waals surface area contributed by atoms with Gasteiger partial charge in [-0.3, -0.25) is 0 Å². The molecule has 0 spiro atoms. The van der Waals surface area contributed by atoms with Crippen molar-refractivity contribution in [3.05, 3.63) is 28.0 Å². The number of hydrogen-bond acceptors (Lipinski definition) is 2. The number of alkyl halides is 2. The minimum absolute atomic E-state index is 0.0966. The van der Waals surface area contributed by atoms with Crippen molar-refractivity contribution in [1.29, 1.82) is 0 Å². The molecule has 0 unspecified atom stereocenters. The van der Waals surface area contributed by atoms with Crippen molar-refractivity contribution in [2.24, 2.45) is 5.73 Å². The molecule has 66 valence electrons. The van der Waals surface area contributed by atoms with Crippen molar-refractivity contribution < 1.29 is 8.78 Å². The molecule has 0 fully saturated rings. The fourth-order valence-electron chi connectivity index (χ4n) is 0.852. The first kappa shape index (κ1) is 9.54. The van der Waals surface area contributed by atoms with Crippen LogP contribution in [0.3, 0.4) is 0 Å². The summed E-state index contributed by atoms with van der Waals surface area (Å²) in [7, 11) is 0. The molecule has 2 nitrogen and oxygen atoms in total. The Balaban J connectivity index is 3.11. The fourth-order valence-corrected chi connectivity index (χ4v) is 1.23. The number of rotatable bonds is 2. The molecule has 0 amide bonds. The maximum Gasteiger partial charge on any atom is 0.265 e. The highest BCUT2D eigenvalue weighted by atomic mass is 79.9. The average Bonchev–Trinajstić information content (AvgIpc) is 2.03. The number of pyridine rings is 1. The number of nitrogens with zero attached hydrogens (tertiary/aromatic N) is 1. The van der Waals surface area contributed by atoms with E-state index in [0.29, 0.717) is 10.2 Å². The predicted octanol–water partition coefficient (Wildman–Crippen LogP) is 2.24. The summed E-state index contributed by atoms with van der Waals surface area (Å²) in [6.07, 6.45) is -1.37. The van der Waals surface area contributed by atoms with Gasteiger partial charge >= 0.3 is 0 Å². The number of hydrogen-bond donors (Lipinski definition) is 1. The van der Waals surface area contributed by atoms with Crippen molar-refractivity contribution in [2.75, 3.05) is 0 Å². The summed E-state index contributed by atoms with van der Waals surface area (Å²) in [6, 6.07) is 1.50. The maximum atomic E-state index is 12.2. The molecular weight excluding hydrogens is 230 g/mol. The highest BCUT2D eigenvalue weighted by molar-refractivity contribution is 9.10. The Bertz CT molecular complexity index is 278. The molecule has 0 radical (unpaired) electrons. The van der Waals surface area contributed by atoms with Gasteiger partial charge in [0.2, 0.25) is 0 Å². The molecule has 1 heterocycles. The monoisotopic (exact) mass is 236 g/mol. The van der Waals surface area contributed by atoms with Gasteiger partial charge in [-0.25, -0.2) is 13.8 Å². The molecule has 0 atom stereocenters. The van der Waals surface area contributed by atoms with Crippen LogP contribution < -0.4 is 5.73 Å². The summed E-state index contributed by atoms with van der Waals surface area (Å²) in [4.78, 5) is 3.69. The topological polar surface area (TPSA) is 38.9 Å². The zero-order chi connectivity index (χ0) is 9.14. The number of aromatic nitrogens is 1. The Morgan fingerprint density at radius 2 is 2.25 bits per heavy atom. The summed E-state index contributed by atoms with van der Waals surface area (Å²) in [5.41, 5.74) is 5.60. The second-order valence-electron chi connectivity index (χ2n) is 2.21. The van der Waals surface area contributed by atoms with Crippen LogP contribution in [0.2, 0.25) is 0 Å². The quantitative estimate of drug-likeness (QED) is 0.801. The van der Waals surface area contributed by atoms with Crippen LogP contribution in [0.4, 0.5) is 8.78 Å². The molecule has 2 N–H and O–H groups in total. The molecule has 0 bridgehead atoms. The van der Waals surface area contributed by atoms with E-state index in [2.05, 4.69) is 20.9 Å². The minimum Gasteiger partial charge on any atom is -0.326 e. The van der Waals surface area contributed by atoms with Gasteiger partial charge in [0.25, 0.3) is 6.43 Å². The lowest BCUT2D eigenvalue weighted by Crippen LogP contribution is -2.02. The van der Waals surface area contributed by atoms with Crippen LogP contribution in [0, 0.1) is 0 Å². The van der Waals surface area contributed by atoms with Crippen LogP contribution in [0.5, 0.6) is 0 Å². The normalized spacial score (nSPS) is 10.8. The second-order valence-corrected chi connectivity index (χ2v) is 3.02. The van der Waals surface area contributed by atoms with E-state index < -0.39 is 6.43 Å². The van der Waals surface area contributed by atoms with E-state index in [9.17, 15) is 8.78 Å². The van der Waals surface area contributed by atoms with E-state index in [1.807, 2.05) is 0 Å². The third-order valence-corrected chi connectivity index (χ3v) is 1.88. The molecule has 0 aliphatic heterocycles. The Morgan fingerprint density at radius 1 is 1.58 bits per heavy atom. The van der Waals surface area contributed by atoms with E-state index >= 15 is 0 Å². The number of nitrogens with two attached hydrogens (primary N) is 1. The first-order valence-electron chi connectivity index (χ1n) is 3.27. The standard InChI is InChI=1S/C7H7BrF2N2/c8-6-1-4(2-11)5(3-12-6)7(9)10/h1,3,7H,2,11H2. The van der Waals surface area contributed by atoms with Gasteiger partial charge in [0, 0.05) is 18.3 Å². The van der Waals surface area contributed by atoms with E-state index in [4.69, 9.17) is 5.73 Å². The van der Waals surface area contributed by atoms with Gasteiger partial charge in [0.15, 0.2) is 0 Å². The van der Waals surface area contributed by atoms with Crippen LogP contribution in [-0.2, 0) is 6.54 Å². The van der Waals surface area contributed by atoms with Crippen LogP contribution in [-0.4, -0.2) is 4.98 Å². The van der Waals surface area contributed by atoms with E-state index in [0.717, 1.165) is 6.20 Å². The molecule has 1 rings (SSSR count). The van der Waals surface area contributed by atoms with Gasteiger partial charge in [-0.15, -0.1) is 0 Å². The Hall–Kier alpha value is -0.550. The third kappa shape index (κ3) is 1.98. The molecule has 12 heavy (non-hydrogen) atoms. The smallest absolute Gasteiger partial charge is 0.265 e. The molecule has 1 aromatic heterocycles. The van der Waals surface area contributed by atoms with Crippen LogP contribution >= 0.6 is 15.9 Å². The molecule has 0 saturated heterocycles. The highest BCUT2D eigenvalue weighted by Crippen LogP contribution is 2.23. The summed E-state index contributed by atoms with van der Waals surface area (Å²) >= 11 is 3.07. The van der Waals surface area contributed by atoms with Crippen molar-refractivity contribution in [3.8, 4) is 0 Å². The number of halogens is 3. The maximum absolute atomic E-state index is 12.2. The third-order valence-electron chi connectivity index (χ3n) is 1.45. The fraction of sp³-hybridized carbons (Fsp3) is 0.286. The van der Waals surface area contributed by atoms with Crippen LogP contribution in [0.1, 0.15) is 17.6 Å². The van der Waals surface area contributed by atoms with Crippen LogP contribution in [0.25, 0.3) is 0 Å². The van der Waals surface area contributed by atoms with Crippen molar-refractivity contribution >= 4 is 15.9 Å². The molecule has 5 heteroatoms. The van der Waals surface area contributed by atoms with E-state index in [-0.39, 0.29) is 12.1 Å². The predicted molar refractivity (Wildman–Crippen MR) is 44.8 cm³/mol. The minimum atomic E-state index is -2.51. The SMILES string of the molecule is NCc1cc(Br)ncc1C(F)F. The molecule has 0 aliphatic rings. The summed E-state index contributed by atoms with van der Waals surface area (Å²) in [5.74, 6) is 0. The zero-order valence-electron chi connectivity index (χ0n) is 6.10. The van der Waals surface area contributed by atoms with Gasteiger partial charge in [-0.1, -0.05) is 0 Å². The Kier molecular flexibility index (Phi) is 3.11. The largest absolute Gasteiger partial charge is 0.326 e. The van der Waals surface area contributed by atoms with Crippen molar-refractivity contribution in [1.82, 2.24) is 4.98 Å². The van der Waals surface area contributed by atoms with Gasteiger partial charge in [0.1, 0.15) is 4.60 Å². The summed E-state index contributed by atoms with van der Waals surface area (Å²) < 4.78 is 25.0. The first-order valence-corrected chi connectivity index (χ1v) is 4.07. The molecular formula is C7H7BrF2N2. The van der Waals surface area contributed by atoms with Gasteiger partial charge in [-0.2, -0.15) is 0 Å². The molecule has 0 aromatic carbocycles. The Morgan fingerprint density at radius 3 is 2.75 bits per heavy atom. The van der Waals surface area contributed by atoms with E-state index in [1.54, 1.807) is 0 Å². The van der Waals surface area contributed by atoms with Crippen LogP contribution in [0.15, 0.2) is 16.9 Å².